The second-order valence-corrected chi connectivity index (χ2v) is 9.82. The Labute approximate surface area is 200 Å². The molecule has 3 rings (SSSR count). The van der Waals surface area contributed by atoms with Crippen molar-refractivity contribution in [2.24, 2.45) is 0 Å². The van der Waals surface area contributed by atoms with Crippen LogP contribution < -0.4 is 15.4 Å². The van der Waals surface area contributed by atoms with Gasteiger partial charge in [0, 0.05) is 30.9 Å². The van der Waals surface area contributed by atoms with E-state index >= 15 is 0 Å². The van der Waals surface area contributed by atoms with Crippen molar-refractivity contribution in [2.75, 3.05) is 38.2 Å². The lowest BCUT2D eigenvalue weighted by Gasteiger charge is -2.25. The molecule has 0 unspecified atom stereocenters. The summed E-state index contributed by atoms with van der Waals surface area (Å²) < 4.78 is 37.8. The predicted molar refractivity (Wildman–Crippen MR) is 131 cm³/mol. The highest BCUT2D eigenvalue weighted by atomic mass is 32.2. The van der Waals surface area contributed by atoms with Crippen LogP contribution in [0.25, 0.3) is 0 Å². The maximum atomic E-state index is 12.8. The first-order valence-corrected chi connectivity index (χ1v) is 12.8. The number of hydrogen-bond donors (Lipinski definition) is 2. The summed E-state index contributed by atoms with van der Waals surface area (Å²) in [7, 11) is -3.49. The van der Waals surface area contributed by atoms with Gasteiger partial charge in [-0.25, -0.2) is 8.42 Å². The molecule has 33 heavy (non-hydrogen) atoms. The van der Waals surface area contributed by atoms with Gasteiger partial charge in [0.05, 0.1) is 11.5 Å². The van der Waals surface area contributed by atoms with Crippen molar-refractivity contribution in [3.8, 4) is 5.75 Å². The fourth-order valence-electron chi connectivity index (χ4n) is 3.39. The Balaban J connectivity index is 1.54. The van der Waals surface area contributed by atoms with Crippen LogP contribution in [0.3, 0.4) is 0 Å². The van der Waals surface area contributed by atoms with Crippen LogP contribution in [0.1, 0.15) is 36.5 Å². The van der Waals surface area contributed by atoms with Gasteiger partial charge >= 0.3 is 0 Å². The SMILES string of the molecule is CCOCCOc1cccc(C(=O)NC(=S)Nc2ccc(S(=O)(=O)N3CCCCC3)cc2)c1. The van der Waals surface area contributed by atoms with E-state index in [0.29, 0.717) is 49.9 Å². The van der Waals surface area contributed by atoms with Gasteiger partial charge in [-0.05, 0) is 74.4 Å². The summed E-state index contributed by atoms with van der Waals surface area (Å²) in [5, 5.41) is 5.63. The van der Waals surface area contributed by atoms with Crippen molar-refractivity contribution in [2.45, 2.75) is 31.1 Å². The molecular formula is C23H29N3O5S2. The molecule has 0 atom stereocenters. The number of ether oxygens (including phenoxy) is 2. The van der Waals surface area contributed by atoms with Gasteiger partial charge < -0.3 is 14.8 Å². The molecule has 0 bridgehead atoms. The molecule has 1 amide bonds. The summed E-state index contributed by atoms with van der Waals surface area (Å²) in [6.07, 6.45) is 2.83. The molecule has 1 saturated heterocycles. The highest BCUT2D eigenvalue weighted by Gasteiger charge is 2.25. The Morgan fingerprint density at radius 3 is 2.48 bits per heavy atom. The van der Waals surface area contributed by atoms with E-state index in [2.05, 4.69) is 10.6 Å². The first-order valence-electron chi connectivity index (χ1n) is 10.9. The van der Waals surface area contributed by atoms with Crippen molar-refractivity contribution in [1.29, 1.82) is 0 Å². The number of carbonyl (C=O) groups excluding carboxylic acids is 1. The second-order valence-electron chi connectivity index (χ2n) is 7.47. The standard InChI is InChI=1S/C23H29N3O5S2/c1-2-30-15-16-31-20-8-6-7-18(17-20)22(27)25-23(32)24-19-9-11-21(12-10-19)33(28,29)26-13-4-3-5-14-26/h6-12,17H,2-5,13-16H2,1H3,(H2,24,25,27,32). The minimum Gasteiger partial charge on any atom is -0.491 e. The quantitative estimate of drug-likeness (QED) is 0.410. The van der Waals surface area contributed by atoms with Crippen molar-refractivity contribution in [1.82, 2.24) is 9.62 Å². The molecule has 0 aliphatic carbocycles. The highest BCUT2D eigenvalue weighted by Crippen LogP contribution is 2.22. The third kappa shape index (κ3) is 7.23. The number of carbonyl (C=O) groups is 1. The number of nitrogens with zero attached hydrogens (tertiary/aromatic N) is 1. The van der Waals surface area contributed by atoms with Crippen LogP contribution >= 0.6 is 12.2 Å². The lowest BCUT2D eigenvalue weighted by molar-refractivity contribution is 0.0976. The normalized spacial score (nSPS) is 14.5. The van der Waals surface area contributed by atoms with E-state index in [1.165, 1.54) is 4.31 Å². The zero-order valence-corrected chi connectivity index (χ0v) is 20.2. The summed E-state index contributed by atoms with van der Waals surface area (Å²) in [6, 6.07) is 13.1. The maximum Gasteiger partial charge on any atom is 0.257 e. The Hall–Kier alpha value is -2.53. The van der Waals surface area contributed by atoms with E-state index in [1.807, 2.05) is 6.92 Å². The van der Waals surface area contributed by atoms with Gasteiger partial charge in [0.15, 0.2) is 5.11 Å². The molecule has 10 heteroatoms. The second kappa shape index (κ2) is 12.1. The predicted octanol–water partition coefficient (Wildman–Crippen LogP) is 3.40. The van der Waals surface area contributed by atoms with Gasteiger partial charge in [-0.1, -0.05) is 12.5 Å². The summed E-state index contributed by atoms with van der Waals surface area (Å²) in [4.78, 5) is 12.8. The summed E-state index contributed by atoms with van der Waals surface area (Å²) in [5.41, 5.74) is 0.974. The van der Waals surface area contributed by atoms with E-state index < -0.39 is 10.0 Å². The number of nitrogens with one attached hydrogen (secondary N) is 2. The summed E-state index contributed by atoms with van der Waals surface area (Å²) in [6.45, 7) is 4.50. The van der Waals surface area contributed by atoms with Gasteiger partial charge in [0.25, 0.3) is 5.91 Å². The average molecular weight is 492 g/mol. The zero-order valence-electron chi connectivity index (χ0n) is 18.6. The molecule has 1 aliphatic heterocycles. The third-order valence-electron chi connectivity index (χ3n) is 5.09. The number of benzene rings is 2. The molecule has 1 fully saturated rings. The van der Waals surface area contributed by atoms with Crippen LogP contribution in [0.4, 0.5) is 5.69 Å². The van der Waals surface area contributed by atoms with Crippen LogP contribution in [0, 0.1) is 0 Å². The third-order valence-corrected chi connectivity index (χ3v) is 7.21. The summed E-state index contributed by atoms with van der Waals surface area (Å²) in [5.74, 6) is 0.179. The van der Waals surface area contributed by atoms with E-state index in [-0.39, 0.29) is 15.9 Å². The van der Waals surface area contributed by atoms with Crippen LogP contribution in [-0.4, -0.2) is 56.7 Å². The Kier molecular flexibility index (Phi) is 9.19. The Bertz CT molecular complexity index is 1050. The first kappa shape index (κ1) is 25.1. The summed E-state index contributed by atoms with van der Waals surface area (Å²) >= 11 is 5.24. The topological polar surface area (TPSA) is 97.0 Å². The van der Waals surface area contributed by atoms with Gasteiger partial charge in [0.2, 0.25) is 10.0 Å². The molecule has 8 nitrogen and oxygen atoms in total. The lowest BCUT2D eigenvalue weighted by atomic mass is 10.2. The van der Waals surface area contributed by atoms with Gasteiger partial charge in [-0.15, -0.1) is 0 Å². The number of sulfonamides is 1. The average Bonchev–Trinajstić information content (AvgIpc) is 2.83. The molecule has 2 aromatic rings. The largest absolute Gasteiger partial charge is 0.491 e. The van der Waals surface area contributed by atoms with Crippen molar-refractivity contribution in [3.63, 3.8) is 0 Å². The number of hydrogen-bond acceptors (Lipinski definition) is 6. The number of anilines is 1. The molecule has 0 radical (unpaired) electrons. The van der Waals surface area contributed by atoms with E-state index in [9.17, 15) is 13.2 Å². The zero-order chi connectivity index (χ0) is 23.7. The van der Waals surface area contributed by atoms with Crippen molar-refractivity contribution in [3.05, 3.63) is 54.1 Å². The van der Waals surface area contributed by atoms with Crippen molar-refractivity contribution < 1.29 is 22.7 Å². The monoisotopic (exact) mass is 491 g/mol. The van der Waals surface area contributed by atoms with Gasteiger partial charge in [-0.2, -0.15) is 4.31 Å². The number of piperidine rings is 1. The minimum absolute atomic E-state index is 0.106. The molecule has 178 valence electrons. The molecule has 2 N–H and O–H groups in total. The molecule has 0 spiro atoms. The molecule has 1 aliphatic rings. The number of rotatable bonds is 9. The molecular weight excluding hydrogens is 462 g/mol. The Morgan fingerprint density at radius 2 is 1.79 bits per heavy atom. The van der Waals surface area contributed by atoms with E-state index in [1.54, 1.807) is 48.5 Å². The Morgan fingerprint density at radius 1 is 1.06 bits per heavy atom. The van der Waals surface area contributed by atoms with Crippen LogP contribution in [0.5, 0.6) is 5.75 Å². The van der Waals surface area contributed by atoms with Gasteiger partial charge in [0.1, 0.15) is 12.4 Å². The maximum absolute atomic E-state index is 12.8. The fraction of sp³-hybridized carbons (Fsp3) is 0.391. The molecule has 0 saturated carbocycles. The first-order chi connectivity index (χ1) is 15.9. The van der Waals surface area contributed by atoms with Gasteiger partial charge in [-0.3, -0.25) is 10.1 Å². The van der Waals surface area contributed by atoms with Crippen LogP contribution in [-0.2, 0) is 14.8 Å². The number of amides is 1. The smallest absolute Gasteiger partial charge is 0.257 e. The van der Waals surface area contributed by atoms with Crippen LogP contribution in [0.15, 0.2) is 53.4 Å². The number of thiocarbonyl (C=S) groups is 1. The van der Waals surface area contributed by atoms with Crippen LogP contribution in [0.2, 0.25) is 0 Å². The highest BCUT2D eigenvalue weighted by molar-refractivity contribution is 7.89. The van der Waals surface area contributed by atoms with Crippen molar-refractivity contribution >= 4 is 38.9 Å². The van der Waals surface area contributed by atoms with E-state index in [0.717, 1.165) is 19.3 Å². The fourth-order valence-corrected chi connectivity index (χ4v) is 5.12. The minimum atomic E-state index is -3.49. The lowest BCUT2D eigenvalue weighted by Crippen LogP contribution is -2.35. The molecule has 1 heterocycles. The molecule has 2 aromatic carbocycles. The molecule has 0 aromatic heterocycles. The van der Waals surface area contributed by atoms with E-state index in [4.69, 9.17) is 21.7 Å².